The molecule has 0 aliphatic carbocycles. The number of nitrogens with zero attached hydrogens (tertiary/aromatic N) is 2. The molecule has 106 valence electrons. The second-order valence-corrected chi connectivity index (χ2v) is 5.39. The zero-order valence-electron chi connectivity index (χ0n) is 11.8. The standard InChI is InChI=1S/C13H23N5O/c1-8(2)13-16-11(6-12(17-13)18-14)15-10-4-5-19-7-9(10)3/h6,8-10H,4-5,7,14H2,1-3H3,(H2,15,16,17,18). The summed E-state index contributed by atoms with van der Waals surface area (Å²) in [6, 6.07) is 2.22. The van der Waals surface area contributed by atoms with Gasteiger partial charge in [0.05, 0.1) is 6.61 Å². The molecule has 0 bridgehead atoms. The first-order valence-electron chi connectivity index (χ1n) is 6.80. The molecule has 2 heterocycles. The maximum Gasteiger partial charge on any atom is 0.145 e. The highest BCUT2D eigenvalue weighted by molar-refractivity contribution is 5.47. The molecule has 0 radical (unpaired) electrons. The summed E-state index contributed by atoms with van der Waals surface area (Å²) >= 11 is 0. The summed E-state index contributed by atoms with van der Waals surface area (Å²) in [6.45, 7) is 7.91. The number of hydrazine groups is 1. The predicted molar refractivity (Wildman–Crippen MR) is 75.9 cm³/mol. The van der Waals surface area contributed by atoms with Gasteiger partial charge in [0.1, 0.15) is 17.5 Å². The minimum Gasteiger partial charge on any atom is -0.381 e. The van der Waals surface area contributed by atoms with Crippen LogP contribution in [0.2, 0.25) is 0 Å². The molecule has 1 saturated heterocycles. The van der Waals surface area contributed by atoms with Crippen molar-refractivity contribution in [1.29, 1.82) is 0 Å². The number of nitrogen functional groups attached to an aromatic ring is 1. The van der Waals surface area contributed by atoms with E-state index < -0.39 is 0 Å². The van der Waals surface area contributed by atoms with Crippen LogP contribution in [0.1, 0.15) is 38.9 Å². The van der Waals surface area contributed by atoms with Crippen molar-refractivity contribution in [1.82, 2.24) is 9.97 Å². The first-order valence-corrected chi connectivity index (χ1v) is 6.80. The maximum absolute atomic E-state index is 5.46. The van der Waals surface area contributed by atoms with Gasteiger partial charge in [-0.2, -0.15) is 0 Å². The summed E-state index contributed by atoms with van der Waals surface area (Å²) in [5.74, 6) is 8.45. The highest BCUT2D eigenvalue weighted by atomic mass is 16.5. The molecule has 0 saturated carbocycles. The van der Waals surface area contributed by atoms with Crippen molar-refractivity contribution in [3.63, 3.8) is 0 Å². The number of hydrogen-bond donors (Lipinski definition) is 3. The summed E-state index contributed by atoms with van der Waals surface area (Å²) in [5.41, 5.74) is 2.60. The van der Waals surface area contributed by atoms with Gasteiger partial charge >= 0.3 is 0 Å². The quantitative estimate of drug-likeness (QED) is 0.568. The second kappa shape index (κ2) is 6.16. The molecule has 1 aliphatic rings. The molecule has 6 nitrogen and oxygen atoms in total. The average Bonchev–Trinajstić information content (AvgIpc) is 2.41. The first kappa shape index (κ1) is 14.0. The van der Waals surface area contributed by atoms with Crippen LogP contribution in [-0.2, 0) is 4.74 Å². The molecule has 4 N–H and O–H groups in total. The Hall–Kier alpha value is -1.40. The fourth-order valence-electron chi connectivity index (χ4n) is 2.16. The number of nitrogens with two attached hydrogens (primary N) is 1. The number of anilines is 2. The Kier molecular flexibility index (Phi) is 4.55. The number of aromatic nitrogens is 2. The number of nitrogens with one attached hydrogen (secondary N) is 2. The van der Waals surface area contributed by atoms with E-state index in [0.717, 1.165) is 31.3 Å². The van der Waals surface area contributed by atoms with Gasteiger partial charge in [-0.25, -0.2) is 15.8 Å². The van der Waals surface area contributed by atoms with Gasteiger partial charge in [0.2, 0.25) is 0 Å². The zero-order chi connectivity index (χ0) is 13.8. The summed E-state index contributed by atoms with van der Waals surface area (Å²) < 4.78 is 5.45. The molecule has 0 amide bonds. The van der Waals surface area contributed by atoms with E-state index in [4.69, 9.17) is 10.6 Å². The van der Waals surface area contributed by atoms with Crippen LogP contribution in [0.15, 0.2) is 6.07 Å². The van der Waals surface area contributed by atoms with Crippen molar-refractivity contribution in [3.05, 3.63) is 11.9 Å². The molecule has 2 atom stereocenters. The third kappa shape index (κ3) is 3.54. The first-order chi connectivity index (χ1) is 9.10. The van der Waals surface area contributed by atoms with Gasteiger partial charge in [-0.3, -0.25) is 0 Å². The van der Waals surface area contributed by atoms with Gasteiger partial charge in [0, 0.05) is 24.6 Å². The lowest BCUT2D eigenvalue weighted by Crippen LogP contribution is -2.36. The van der Waals surface area contributed by atoms with Crippen LogP contribution in [0.5, 0.6) is 0 Å². The van der Waals surface area contributed by atoms with Crippen LogP contribution in [0, 0.1) is 5.92 Å². The Morgan fingerprint density at radius 1 is 1.37 bits per heavy atom. The van der Waals surface area contributed by atoms with E-state index in [0.29, 0.717) is 17.8 Å². The Bertz CT molecular complexity index is 423. The van der Waals surface area contributed by atoms with Crippen molar-refractivity contribution >= 4 is 11.6 Å². The van der Waals surface area contributed by atoms with Crippen molar-refractivity contribution in [2.75, 3.05) is 24.0 Å². The van der Waals surface area contributed by atoms with Crippen molar-refractivity contribution in [2.45, 2.75) is 39.2 Å². The molecule has 0 aromatic carbocycles. The van der Waals surface area contributed by atoms with Crippen LogP contribution in [0.25, 0.3) is 0 Å². The second-order valence-electron chi connectivity index (χ2n) is 5.39. The minimum atomic E-state index is 0.265. The number of rotatable bonds is 4. The molecule has 1 aliphatic heterocycles. The third-order valence-electron chi connectivity index (χ3n) is 3.38. The summed E-state index contributed by atoms with van der Waals surface area (Å²) in [6.07, 6.45) is 0.994. The maximum atomic E-state index is 5.46. The largest absolute Gasteiger partial charge is 0.381 e. The van der Waals surface area contributed by atoms with E-state index in [1.54, 1.807) is 0 Å². The number of ether oxygens (including phenoxy) is 1. The smallest absolute Gasteiger partial charge is 0.145 e. The van der Waals surface area contributed by atoms with Crippen molar-refractivity contribution < 1.29 is 4.74 Å². The lowest BCUT2D eigenvalue weighted by Gasteiger charge is -2.30. The molecular formula is C13H23N5O. The third-order valence-corrected chi connectivity index (χ3v) is 3.38. The molecular weight excluding hydrogens is 242 g/mol. The van der Waals surface area contributed by atoms with E-state index in [-0.39, 0.29) is 5.92 Å². The average molecular weight is 265 g/mol. The molecule has 2 unspecified atom stereocenters. The molecule has 0 spiro atoms. The van der Waals surface area contributed by atoms with Crippen LogP contribution in [-0.4, -0.2) is 29.2 Å². The highest BCUT2D eigenvalue weighted by Crippen LogP contribution is 2.21. The van der Waals surface area contributed by atoms with Gasteiger partial charge in [-0.15, -0.1) is 0 Å². The van der Waals surface area contributed by atoms with Gasteiger partial charge in [-0.05, 0) is 12.3 Å². The lowest BCUT2D eigenvalue weighted by molar-refractivity contribution is 0.0537. The molecule has 1 fully saturated rings. The van der Waals surface area contributed by atoms with Crippen molar-refractivity contribution in [2.24, 2.45) is 11.8 Å². The predicted octanol–water partition coefficient (Wildman–Crippen LogP) is 1.72. The monoisotopic (exact) mass is 265 g/mol. The fraction of sp³-hybridized carbons (Fsp3) is 0.692. The topological polar surface area (TPSA) is 85.1 Å². The normalized spacial score (nSPS) is 23.4. The lowest BCUT2D eigenvalue weighted by atomic mass is 9.98. The van der Waals surface area contributed by atoms with E-state index in [1.807, 2.05) is 6.07 Å². The van der Waals surface area contributed by atoms with Gasteiger partial charge in [-0.1, -0.05) is 20.8 Å². The van der Waals surface area contributed by atoms with Gasteiger partial charge in [0.15, 0.2) is 0 Å². The zero-order valence-corrected chi connectivity index (χ0v) is 11.8. The van der Waals surface area contributed by atoms with E-state index in [9.17, 15) is 0 Å². The summed E-state index contributed by atoms with van der Waals surface area (Å²) in [5, 5.41) is 3.47. The SMILES string of the molecule is CC(C)c1nc(NN)cc(NC2CCOCC2C)n1. The summed E-state index contributed by atoms with van der Waals surface area (Å²) in [7, 11) is 0. The van der Waals surface area contributed by atoms with E-state index in [2.05, 4.69) is 41.5 Å². The molecule has 6 heteroatoms. The highest BCUT2D eigenvalue weighted by Gasteiger charge is 2.22. The van der Waals surface area contributed by atoms with Crippen LogP contribution < -0.4 is 16.6 Å². The Labute approximate surface area is 114 Å². The van der Waals surface area contributed by atoms with Gasteiger partial charge in [0.25, 0.3) is 0 Å². The Balaban J connectivity index is 2.16. The van der Waals surface area contributed by atoms with E-state index in [1.165, 1.54) is 0 Å². The molecule has 19 heavy (non-hydrogen) atoms. The molecule has 1 aromatic rings. The molecule has 2 rings (SSSR count). The van der Waals surface area contributed by atoms with Gasteiger partial charge < -0.3 is 15.5 Å². The van der Waals surface area contributed by atoms with Crippen LogP contribution in [0.4, 0.5) is 11.6 Å². The fourth-order valence-corrected chi connectivity index (χ4v) is 2.16. The Morgan fingerprint density at radius 2 is 2.11 bits per heavy atom. The Morgan fingerprint density at radius 3 is 2.74 bits per heavy atom. The number of hydrogen-bond acceptors (Lipinski definition) is 6. The molecule has 1 aromatic heterocycles. The van der Waals surface area contributed by atoms with Crippen LogP contribution in [0.3, 0.4) is 0 Å². The van der Waals surface area contributed by atoms with E-state index >= 15 is 0 Å². The van der Waals surface area contributed by atoms with Crippen molar-refractivity contribution in [3.8, 4) is 0 Å². The summed E-state index contributed by atoms with van der Waals surface area (Å²) in [4.78, 5) is 8.90. The minimum absolute atomic E-state index is 0.265. The van der Waals surface area contributed by atoms with Crippen LogP contribution >= 0.6 is 0 Å².